The molecule has 3 nitrogen and oxygen atoms in total. The summed E-state index contributed by atoms with van der Waals surface area (Å²) >= 11 is 0. The number of nitrogens with zero attached hydrogens (tertiary/aromatic N) is 1. The van der Waals surface area contributed by atoms with Gasteiger partial charge in [-0.1, -0.05) is 60.7 Å². The minimum atomic E-state index is 0.0893. The lowest BCUT2D eigenvalue weighted by molar-refractivity contribution is -0.122. The fraction of sp³-hybridized carbons (Fsp3) is 0.316. The zero-order chi connectivity index (χ0) is 15.6. The minimum absolute atomic E-state index is 0.0893. The van der Waals surface area contributed by atoms with Crippen molar-refractivity contribution in [1.29, 1.82) is 0 Å². The van der Waals surface area contributed by atoms with Crippen LogP contribution in [-0.4, -0.2) is 30.9 Å². The van der Waals surface area contributed by atoms with Crippen molar-refractivity contribution >= 4 is 5.91 Å². The summed E-state index contributed by atoms with van der Waals surface area (Å²) in [5, 5.41) is 2.99. The summed E-state index contributed by atoms with van der Waals surface area (Å²) < 4.78 is 0. The molecule has 0 radical (unpaired) electrons. The van der Waals surface area contributed by atoms with Crippen LogP contribution in [0.5, 0.6) is 0 Å². The van der Waals surface area contributed by atoms with Crippen LogP contribution in [0.25, 0.3) is 0 Å². The van der Waals surface area contributed by atoms with E-state index in [1.54, 1.807) is 0 Å². The second kappa shape index (κ2) is 9.00. The Morgan fingerprint density at radius 2 is 1.55 bits per heavy atom. The van der Waals surface area contributed by atoms with Crippen LogP contribution < -0.4 is 5.32 Å². The largest absolute Gasteiger partial charge is 0.355 e. The third-order valence-electron chi connectivity index (χ3n) is 3.52. The summed E-state index contributed by atoms with van der Waals surface area (Å²) in [5.74, 6) is 0.0893. The maximum atomic E-state index is 11.9. The molecule has 0 aliphatic heterocycles. The Morgan fingerprint density at radius 3 is 2.18 bits per heavy atom. The Labute approximate surface area is 133 Å². The third-order valence-corrected chi connectivity index (χ3v) is 3.52. The van der Waals surface area contributed by atoms with Crippen LogP contribution in [0.3, 0.4) is 0 Å². The summed E-state index contributed by atoms with van der Waals surface area (Å²) in [6.45, 7) is 1.95. The first-order valence-corrected chi connectivity index (χ1v) is 7.77. The first-order chi connectivity index (χ1) is 10.7. The first kappa shape index (κ1) is 16.2. The van der Waals surface area contributed by atoms with E-state index in [1.165, 1.54) is 11.1 Å². The number of carbonyl (C=O) groups excluding carboxylic acids is 1. The summed E-state index contributed by atoms with van der Waals surface area (Å²) in [5.41, 5.74) is 2.54. The molecule has 1 amide bonds. The van der Waals surface area contributed by atoms with Gasteiger partial charge in [-0.3, -0.25) is 9.69 Å². The molecule has 0 bridgehead atoms. The molecule has 1 N–H and O–H groups in total. The number of amides is 1. The van der Waals surface area contributed by atoms with Gasteiger partial charge in [-0.15, -0.1) is 0 Å². The number of aryl methyl sites for hydroxylation is 1. The average molecular weight is 296 g/mol. The molecule has 2 aromatic carbocycles. The number of hydrogen-bond acceptors (Lipinski definition) is 2. The van der Waals surface area contributed by atoms with Crippen molar-refractivity contribution in [1.82, 2.24) is 10.2 Å². The number of likely N-dealkylation sites (N-methyl/N-ethyl adjacent to an activating group) is 1. The lowest BCUT2D eigenvalue weighted by Crippen LogP contribution is -2.35. The van der Waals surface area contributed by atoms with Crippen molar-refractivity contribution < 1.29 is 4.79 Å². The second-order valence-electron chi connectivity index (χ2n) is 5.60. The van der Waals surface area contributed by atoms with Crippen LogP contribution in [0.4, 0.5) is 0 Å². The van der Waals surface area contributed by atoms with E-state index < -0.39 is 0 Å². The molecule has 0 spiro atoms. The van der Waals surface area contributed by atoms with Crippen LogP contribution in [-0.2, 0) is 17.8 Å². The Bertz CT molecular complexity index is 554. The molecule has 0 aromatic heterocycles. The lowest BCUT2D eigenvalue weighted by atomic mass is 10.1. The van der Waals surface area contributed by atoms with Gasteiger partial charge in [0.25, 0.3) is 0 Å². The van der Waals surface area contributed by atoms with Crippen molar-refractivity contribution in [3.8, 4) is 0 Å². The molecule has 0 aliphatic carbocycles. The molecule has 0 saturated heterocycles. The predicted octanol–water partition coefficient (Wildman–Crippen LogP) is 2.87. The van der Waals surface area contributed by atoms with Crippen molar-refractivity contribution in [2.75, 3.05) is 20.1 Å². The van der Waals surface area contributed by atoms with Crippen LogP contribution in [0.1, 0.15) is 17.5 Å². The van der Waals surface area contributed by atoms with Gasteiger partial charge in [0.1, 0.15) is 0 Å². The van der Waals surface area contributed by atoms with Crippen LogP contribution >= 0.6 is 0 Å². The molecule has 0 saturated carbocycles. The zero-order valence-electron chi connectivity index (χ0n) is 13.2. The maximum Gasteiger partial charge on any atom is 0.234 e. The van der Waals surface area contributed by atoms with E-state index in [2.05, 4.69) is 29.6 Å². The van der Waals surface area contributed by atoms with E-state index in [4.69, 9.17) is 0 Å². The fourth-order valence-corrected chi connectivity index (χ4v) is 2.42. The molecule has 116 valence electrons. The normalized spacial score (nSPS) is 10.6. The first-order valence-electron chi connectivity index (χ1n) is 7.77. The molecular formula is C19H24N2O. The van der Waals surface area contributed by atoms with Crippen molar-refractivity contribution in [3.63, 3.8) is 0 Å². The average Bonchev–Trinajstić information content (AvgIpc) is 2.53. The highest BCUT2D eigenvalue weighted by Crippen LogP contribution is 2.03. The molecule has 0 unspecified atom stereocenters. The molecule has 0 atom stereocenters. The van der Waals surface area contributed by atoms with Crippen molar-refractivity contribution in [3.05, 3.63) is 71.8 Å². The number of nitrogens with one attached hydrogen (secondary N) is 1. The Kier molecular flexibility index (Phi) is 6.65. The molecular weight excluding hydrogens is 272 g/mol. The van der Waals surface area contributed by atoms with Gasteiger partial charge in [-0.2, -0.15) is 0 Å². The van der Waals surface area contributed by atoms with Gasteiger partial charge in [0.05, 0.1) is 6.54 Å². The van der Waals surface area contributed by atoms with Gasteiger partial charge in [0.2, 0.25) is 5.91 Å². The monoisotopic (exact) mass is 296 g/mol. The van der Waals surface area contributed by atoms with Crippen LogP contribution in [0, 0.1) is 0 Å². The predicted molar refractivity (Wildman–Crippen MR) is 90.5 cm³/mol. The molecule has 0 aliphatic rings. The smallest absolute Gasteiger partial charge is 0.234 e. The van der Waals surface area contributed by atoms with E-state index in [0.717, 1.165) is 25.9 Å². The Morgan fingerprint density at radius 1 is 0.955 bits per heavy atom. The van der Waals surface area contributed by atoms with E-state index in [9.17, 15) is 4.79 Å². The van der Waals surface area contributed by atoms with Crippen LogP contribution in [0.2, 0.25) is 0 Å². The van der Waals surface area contributed by atoms with Crippen molar-refractivity contribution in [2.45, 2.75) is 19.4 Å². The third kappa shape index (κ3) is 6.10. The highest BCUT2D eigenvalue weighted by atomic mass is 16.2. The van der Waals surface area contributed by atoms with E-state index in [1.807, 2.05) is 48.3 Å². The quantitative estimate of drug-likeness (QED) is 0.760. The molecule has 2 aromatic rings. The standard InChI is InChI=1S/C19H24N2O/c1-21(15-18-11-6-3-7-12-18)16-19(22)20-14-8-13-17-9-4-2-5-10-17/h2-7,9-12H,8,13-16H2,1H3,(H,20,22). The van der Waals surface area contributed by atoms with Gasteiger partial charge < -0.3 is 5.32 Å². The van der Waals surface area contributed by atoms with Crippen LogP contribution in [0.15, 0.2) is 60.7 Å². The Balaban J connectivity index is 1.61. The van der Waals surface area contributed by atoms with E-state index >= 15 is 0 Å². The van der Waals surface area contributed by atoms with E-state index in [0.29, 0.717) is 6.54 Å². The maximum absolute atomic E-state index is 11.9. The molecule has 22 heavy (non-hydrogen) atoms. The second-order valence-corrected chi connectivity index (χ2v) is 5.60. The van der Waals surface area contributed by atoms with Gasteiger partial charge in [-0.05, 0) is 31.0 Å². The van der Waals surface area contributed by atoms with Gasteiger partial charge in [-0.25, -0.2) is 0 Å². The number of benzene rings is 2. The highest BCUT2D eigenvalue weighted by molar-refractivity contribution is 5.77. The molecule has 0 fully saturated rings. The number of rotatable bonds is 8. The number of carbonyl (C=O) groups is 1. The highest BCUT2D eigenvalue weighted by Gasteiger charge is 2.06. The zero-order valence-corrected chi connectivity index (χ0v) is 13.2. The van der Waals surface area contributed by atoms with Gasteiger partial charge >= 0.3 is 0 Å². The molecule has 0 heterocycles. The van der Waals surface area contributed by atoms with Gasteiger partial charge in [0, 0.05) is 13.1 Å². The summed E-state index contributed by atoms with van der Waals surface area (Å²) in [6.07, 6.45) is 1.97. The molecule has 3 heteroatoms. The topological polar surface area (TPSA) is 32.3 Å². The summed E-state index contributed by atoms with van der Waals surface area (Å²) in [4.78, 5) is 13.9. The SMILES string of the molecule is CN(CC(=O)NCCCc1ccccc1)Cc1ccccc1. The van der Waals surface area contributed by atoms with E-state index in [-0.39, 0.29) is 5.91 Å². The molecule has 2 rings (SSSR count). The minimum Gasteiger partial charge on any atom is -0.355 e. The summed E-state index contributed by atoms with van der Waals surface area (Å²) in [7, 11) is 1.97. The van der Waals surface area contributed by atoms with Gasteiger partial charge in [0.15, 0.2) is 0 Å². The Hall–Kier alpha value is -2.13. The fourth-order valence-electron chi connectivity index (χ4n) is 2.42. The van der Waals surface area contributed by atoms with Crippen molar-refractivity contribution in [2.24, 2.45) is 0 Å². The lowest BCUT2D eigenvalue weighted by Gasteiger charge is -2.16. The summed E-state index contributed by atoms with van der Waals surface area (Å²) in [6, 6.07) is 20.6. The number of hydrogen-bond donors (Lipinski definition) is 1.